The van der Waals surface area contributed by atoms with Crippen molar-refractivity contribution in [2.24, 2.45) is 5.92 Å². The van der Waals surface area contributed by atoms with Crippen LogP contribution in [0.5, 0.6) is 0 Å². The molecular formula is C21H32O3. The van der Waals surface area contributed by atoms with Gasteiger partial charge in [0.1, 0.15) is 0 Å². The van der Waals surface area contributed by atoms with Crippen molar-refractivity contribution in [1.82, 2.24) is 0 Å². The lowest BCUT2D eigenvalue weighted by Crippen LogP contribution is -2.15. The average molecular weight is 332 g/mol. The van der Waals surface area contributed by atoms with Crippen molar-refractivity contribution in [3.8, 4) is 0 Å². The quantitative estimate of drug-likeness (QED) is 0.400. The lowest BCUT2D eigenvalue weighted by molar-refractivity contribution is -0.143. The zero-order valence-corrected chi connectivity index (χ0v) is 15.9. The van der Waals surface area contributed by atoms with E-state index in [1.54, 1.807) is 0 Å². The first-order valence-corrected chi connectivity index (χ1v) is 9.13. The number of ether oxygens (including phenoxy) is 2. The van der Waals surface area contributed by atoms with E-state index in [2.05, 4.69) is 39.0 Å². The minimum atomic E-state index is -0.185. The van der Waals surface area contributed by atoms with Gasteiger partial charge in [0.05, 0.1) is 24.7 Å². The molecule has 134 valence electrons. The average Bonchev–Trinajstić information content (AvgIpc) is 3.21. The van der Waals surface area contributed by atoms with Crippen molar-refractivity contribution in [3.63, 3.8) is 0 Å². The molecule has 1 unspecified atom stereocenters. The molecular weight excluding hydrogens is 300 g/mol. The molecule has 0 aromatic heterocycles. The summed E-state index contributed by atoms with van der Waals surface area (Å²) in [6, 6.07) is 0. The number of esters is 1. The summed E-state index contributed by atoms with van der Waals surface area (Å²) in [6.07, 6.45) is 13.2. The number of carbonyl (C=O) groups excluding carboxylic acids is 1. The fourth-order valence-corrected chi connectivity index (χ4v) is 3.39. The van der Waals surface area contributed by atoms with E-state index in [0.29, 0.717) is 6.10 Å². The van der Waals surface area contributed by atoms with Crippen molar-refractivity contribution in [3.05, 3.63) is 34.9 Å². The molecule has 1 saturated heterocycles. The fraction of sp³-hybridized carbons (Fsp3) is 0.667. The van der Waals surface area contributed by atoms with Gasteiger partial charge in [-0.1, -0.05) is 34.9 Å². The number of rotatable bonds is 2. The first-order valence-electron chi connectivity index (χ1n) is 9.13. The maximum absolute atomic E-state index is 11.9. The molecule has 0 bridgehead atoms. The summed E-state index contributed by atoms with van der Waals surface area (Å²) in [5, 5.41) is 0. The standard InChI is InChI=1S/C21H32O3/c1-15-7-6-14-21(4)19(24-21)13-10-16(2)9-12-18(11-8-15)17(3)20(22)23-5/h7,9,12,17,19H,6,8,10-11,13-14H2,1-5H3/b15-7+,16-9+,18-12+/t17?,19-,21-/m1/s1. The van der Waals surface area contributed by atoms with E-state index < -0.39 is 0 Å². The molecule has 3 nitrogen and oxygen atoms in total. The molecule has 1 heterocycles. The van der Waals surface area contributed by atoms with Gasteiger partial charge in [0.25, 0.3) is 0 Å². The summed E-state index contributed by atoms with van der Waals surface area (Å²) >= 11 is 0. The van der Waals surface area contributed by atoms with Crippen LogP contribution in [0.3, 0.4) is 0 Å². The van der Waals surface area contributed by atoms with E-state index in [-0.39, 0.29) is 17.5 Å². The third kappa shape index (κ3) is 5.07. The predicted octanol–water partition coefficient (Wildman–Crippen LogP) is 5.13. The van der Waals surface area contributed by atoms with Gasteiger partial charge in [-0.05, 0) is 66.2 Å². The zero-order valence-electron chi connectivity index (χ0n) is 15.9. The molecule has 2 rings (SSSR count). The van der Waals surface area contributed by atoms with Crippen LogP contribution in [-0.4, -0.2) is 24.8 Å². The van der Waals surface area contributed by atoms with Gasteiger partial charge in [0.2, 0.25) is 0 Å². The van der Waals surface area contributed by atoms with Gasteiger partial charge in [-0.2, -0.15) is 0 Å². The maximum Gasteiger partial charge on any atom is 0.312 e. The van der Waals surface area contributed by atoms with Gasteiger partial charge in [-0.15, -0.1) is 0 Å². The minimum Gasteiger partial charge on any atom is -0.469 e. The van der Waals surface area contributed by atoms with Crippen molar-refractivity contribution < 1.29 is 14.3 Å². The van der Waals surface area contributed by atoms with E-state index in [9.17, 15) is 4.79 Å². The molecule has 1 aliphatic heterocycles. The number of allylic oxidation sites excluding steroid dienone is 5. The van der Waals surface area contributed by atoms with Crippen LogP contribution < -0.4 is 0 Å². The second-order valence-electron chi connectivity index (χ2n) is 7.55. The molecule has 1 aliphatic carbocycles. The molecule has 1 fully saturated rings. The molecule has 0 N–H and O–H groups in total. The van der Waals surface area contributed by atoms with Crippen LogP contribution in [0.4, 0.5) is 0 Å². The summed E-state index contributed by atoms with van der Waals surface area (Å²) in [5.41, 5.74) is 3.96. The molecule has 0 saturated carbocycles. The smallest absolute Gasteiger partial charge is 0.312 e. The van der Waals surface area contributed by atoms with Crippen LogP contribution in [0.1, 0.15) is 66.2 Å². The third-order valence-corrected chi connectivity index (χ3v) is 5.47. The topological polar surface area (TPSA) is 38.8 Å². The summed E-state index contributed by atoms with van der Waals surface area (Å²) in [6.45, 7) is 8.52. The largest absolute Gasteiger partial charge is 0.469 e. The summed E-state index contributed by atoms with van der Waals surface area (Å²) in [4.78, 5) is 11.9. The molecule has 3 atom stereocenters. The van der Waals surface area contributed by atoms with Gasteiger partial charge in [-0.3, -0.25) is 4.79 Å². The van der Waals surface area contributed by atoms with Crippen molar-refractivity contribution in [2.45, 2.75) is 77.9 Å². The zero-order chi connectivity index (χ0) is 17.7. The van der Waals surface area contributed by atoms with Gasteiger partial charge in [0.15, 0.2) is 0 Å². The van der Waals surface area contributed by atoms with Gasteiger partial charge in [0, 0.05) is 0 Å². The number of epoxide rings is 1. The Morgan fingerprint density at radius 1 is 1.25 bits per heavy atom. The van der Waals surface area contributed by atoms with Crippen LogP contribution >= 0.6 is 0 Å². The van der Waals surface area contributed by atoms with Crippen LogP contribution in [-0.2, 0) is 14.3 Å². The van der Waals surface area contributed by atoms with Crippen molar-refractivity contribution in [1.29, 1.82) is 0 Å². The Balaban J connectivity index is 2.16. The molecule has 0 radical (unpaired) electrons. The summed E-state index contributed by atoms with van der Waals surface area (Å²) in [5.74, 6) is -0.341. The molecule has 3 heteroatoms. The fourth-order valence-electron chi connectivity index (χ4n) is 3.39. The molecule has 0 spiro atoms. The lowest BCUT2D eigenvalue weighted by atomic mass is 9.92. The summed E-state index contributed by atoms with van der Waals surface area (Å²) in [7, 11) is 1.46. The Labute approximate surface area is 146 Å². The van der Waals surface area contributed by atoms with E-state index in [1.165, 1.54) is 18.3 Å². The molecule has 2 aliphatic rings. The molecule has 24 heavy (non-hydrogen) atoms. The first-order chi connectivity index (χ1) is 11.4. The van der Waals surface area contributed by atoms with Crippen LogP contribution in [0.2, 0.25) is 0 Å². The third-order valence-electron chi connectivity index (χ3n) is 5.47. The highest BCUT2D eigenvalue weighted by atomic mass is 16.6. The number of fused-ring (bicyclic) bond motifs is 1. The second-order valence-corrected chi connectivity index (χ2v) is 7.55. The van der Waals surface area contributed by atoms with Crippen molar-refractivity contribution in [2.75, 3.05) is 7.11 Å². The highest BCUT2D eigenvalue weighted by Gasteiger charge is 2.50. The lowest BCUT2D eigenvalue weighted by Gasteiger charge is -2.15. The number of methoxy groups -OCH3 is 1. The SMILES string of the molecule is COC(=O)C(C)/C1=C/C=C(\C)CC[C@H]2O[C@]2(C)CC/C=C(\C)CC1. The Morgan fingerprint density at radius 2 is 2.00 bits per heavy atom. The highest BCUT2D eigenvalue weighted by molar-refractivity contribution is 5.75. The molecule has 0 aromatic rings. The Hall–Kier alpha value is -1.35. The van der Waals surface area contributed by atoms with Crippen molar-refractivity contribution >= 4 is 5.97 Å². The molecule has 0 amide bonds. The minimum absolute atomic E-state index is 0.0849. The van der Waals surface area contributed by atoms with Gasteiger partial charge >= 0.3 is 5.97 Å². The Kier molecular flexibility index (Phi) is 6.45. The number of hydrogen-bond acceptors (Lipinski definition) is 3. The monoisotopic (exact) mass is 332 g/mol. The van der Waals surface area contributed by atoms with Crippen LogP contribution in [0.15, 0.2) is 34.9 Å². The van der Waals surface area contributed by atoms with Crippen LogP contribution in [0.25, 0.3) is 0 Å². The summed E-state index contributed by atoms with van der Waals surface area (Å²) < 4.78 is 10.9. The normalized spacial score (nSPS) is 36.5. The first kappa shape index (κ1) is 19.0. The van der Waals surface area contributed by atoms with Gasteiger partial charge < -0.3 is 9.47 Å². The number of hydrogen-bond donors (Lipinski definition) is 0. The Morgan fingerprint density at radius 3 is 2.71 bits per heavy atom. The van der Waals surface area contributed by atoms with E-state index in [0.717, 1.165) is 44.1 Å². The number of carbonyl (C=O) groups is 1. The maximum atomic E-state index is 11.9. The van der Waals surface area contributed by atoms with Crippen LogP contribution in [0, 0.1) is 5.92 Å². The predicted molar refractivity (Wildman–Crippen MR) is 97.8 cm³/mol. The van der Waals surface area contributed by atoms with E-state index in [1.807, 2.05) is 6.92 Å². The highest BCUT2D eigenvalue weighted by Crippen LogP contribution is 2.43. The Bertz CT molecular complexity index is 555. The van der Waals surface area contributed by atoms with E-state index in [4.69, 9.17) is 9.47 Å². The second kappa shape index (κ2) is 8.15. The molecule has 0 aromatic carbocycles. The van der Waals surface area contributed by atoms with E-state index >= 15 is 0 Å². The van der Waals surface area contributed by atoms with Gasteiger partial charge in [-0.25, -0.2) is 0 Å².